The molecule has 4 nitrogen and oxygen atoms in total. The SMILES string of the molecule is c1ccc(N(c2ccc(-c3cccc4c3oc3ccccc34)cc2)c2cc(N(c3ccccc3)c3ccc4c5ccccc5c5ccccc5c4c3)cc(N(c3ccccc3)c3ccc4c5ccccc5c5ccccc5c4c3)c2)cc1. The first-order valence-electron chi connectivity index (χ1n) is 28.1. The van der Waals surface area contributed by atoms with E-state index in [4.69, 9.17) is 4.42 Å². The smallest absolute Gasteiger partial charge is 0.143 e. The van der Waals surface area contributed by atoms with E-state index in [2.05, 4.69) is 312 Å². The summed E-state index contributed by atoms with van der Waals surface area (Å²) >= 11 is 0. The van der Waals surface area contributed by atoms with Crippen LogP contribution in [0.15, 0.2) is 314 Å². The molecule has 0 aliphatic carbocycles. The minimum Gasteiger partial charge on any atom is -0.455 e. The zero-order chi connectivity index (χ0) is 54.1. The lowest BCUT2D eigenvalue weighted by Crippen LogP contribution is -2.16. The molecule has 4 heteroatoms. The normalized spacial score (nSPS) is 11.7. The molecule has 0 aliphatic rings. The van der Waals surface area contributed by atoms with Crippen LogP contribution < -0.4 is 14.7 Å². The molecule has 16 aromatic rings. The predicted octanol–water partition coefficient (Wildman–Crippen LogP) is 22.6. The van der Waals surface area contributed by atoms with Crippen LogP contribution in [0.4, 0.5) is 51.2 Å². The monoisotopic (exact) mass is 1050 g/mol. The third kappa shape index (κ3) is 7.84. The third-order valence-electron chi connectivity index (χ3n) is 16.5. The van der Waals surface area contributed by atoms with Gasteiger partial charge in [-0.25, -0.2) is 0 Å². The summed E-state index contributed by atoms with van der Waals surface area (Å²) in [4.78, 5) is 7.25. The van der Waals surface area contributed by atoms with Crippen LogP contribution in [0.5, 0.6) is 0 Å². The Hall–Kier alpha value is -10.9. The van der Waals surface area contributed by atoms with Crippen molar-refractivity contribution < 1.29 is 4.42 Å². The quantitative estimate of drug-likeness (QED) is 0.127. The first kappa shape index (κ1) is 47.1. The molecule has 0 spiro atoms. The molecule has 0 N–H and O–H groups in total. The van der Waals surface area contributed by atoms with Crippen molar-refractivity contribution in [2.45, 2.75) is 0 Å². The van der Waals surface area contributed by atoms with Gasteiger partial charge in [0.05, 0.1) is 17.1 Å². The Morgan fingerprint density at radius 1 is 0.183 bits per heavy atom. The van der Waals surface area contributed by atoms with Gasteiger partial charge in [-0.1, -0.05) is 212 Å². The van der Waals surface area contributed by atoms with Crippen LogP contribution >= 0.6 is 0 Å². The fourth-order valence-electron chi connectivity index (χ4n) is 12.9. The van der Waals surface area contributed by atoms with E-state index in [9.17, 15) is 0 Å². The second-order valence-electron chi connectivity index (χ2n) is 21.2. The van der Waals surface area contributed by atoms with E-state index in [0.717, 1.165) is 84.3 Å². The summed E-state index contributed by atoms with van der Waals surface area (Å²) in [6.45, 7) is 0. The van der Waals surface area contributed by atoms with E-state index in [1.54, 1.807) is 0 Å². The Kier molecular flexibility index (Phi) is 11.2. The molecule has 0 aliphatic heterocycles. The standard InChI is InChI=1S/C78H51N3O/c1-4-21-53(22-5-1)79(56-41-39-52(40-42-56)62-36-20-37-74-73-35-18-19-38-77(73)82-78(62)74)59-47-60(80(54-23-6-2-7-24-54)57-43-45-71-67-31-12-10-27-63(67)65-29-14-16-33-69(65)75(71)50-57)49-61(48-59)81(55-25-8-3-9-26-55)58-44-46-72-68-32-13-11-28-64(68)66-30-15-17-34-70(66)76(72)51-58/h1-51H. The summed E-state index contributed by atoms with van der Waals surface area (Å²) < 4.78 is 6.58. The van der Waals surface area contributed by atoms with Gasteiger partial charge in [0, 0.05) is 50.5 Å². The maximum atomic E-state index is 6.58. The lowest BCUT2D eigenvalue weighted by atomic mass is 9.94. The van der Waals surface area contributed by atoms with Crippen LogP contribution in [0, 0.1) is 0 Å². The average molecular weight is 1050 g/mol. The first-order valence-corrected chi connectivity index (χ1v) is 28.1. The zero-order valence-electron chi connectivity index (χ0n) is 44.7. The number of fused-ring (bicyclic) bond motifs is 15. The molecule has 15 aromatic carbocycles. The predicted molar refractivity (Wildman–Crippen MR) is 348 cm³/mol. The molecule has 0 fully saturated rings. The van der Waals surface area contributed by atoms with E-state index < -0.39 is 0 Å². The second-order valence-corrected chi connectivity index (χ2v) is 21.2. The molecule has 0 bridgehead atoms. The molecular weight excluding hydrogens is 995 g/mol. The van der Waals surface area contributed by atoms with Crippen LogP contribution in [0.3, 0.4) is 0 Å². The first-order chi connectivity index (χ1) is 40.7. The molecule has 1 heterocycles. The van der Waals surface area contributed by atoms with Crippen molar-refractivity contribution in [1.82, 2.24) is 0 Å². The number of hydrogen-bond donors (Lipinski definition) is 0. The molecule has 0 saturated carbocycles. The Morgan fingerprint density at radius 2 is 0.488 bits per heavy atom. The van der Waals surface area contributed by atoms with E-state index in [-0.39, 0.29) is 0 Å². The van der Waals surface area contributed by atoms with Gasteiger partial charge in [-0.3, -0.25) is 0 Å². The van der Waals surface area contributed by atoms with Crippen LogP contribution in [0.25, 0.3) is 97.7 Å². The van der Waals surface area contributed by atoms with Gasteiger partial charge in [-0.05, 0) is 167 Å². The van der Waals surface area contributed by atoms with Crippen LogP contribution in [0.2, 0.25) is 0 Å². The number of hydrogen-bond acceptors (Lipinski definition) is 4. The number of para-hydroxylation sites is 5. The van der Waals surface area contributed by atoms with Crippen LogP contribution in [0.1, 0.15) is 0 Å². The summed E-state index contributed by atoms with van der Waals surface area (Å²) in [6.07, 6.45) is 0. The van der Waals surface area contributed by atoms with Gasteiger partial charge in [0.1, 0.15) is 11.2 Å². The minimum absolute atomic E-state index is 0.887. The molecule has 16 rings (SSSR count). The molecule has 0 unspecified atom stereocenters. The van der Waals surface area contributed by atoms with E-state index in [1.807, 2.05) is 12.1 Å². The van der Waals surface area contributed by atoms with Gasteiger partial charge >= 0.3 is 0 Å². The molecule has 0 saturated heterocycles. The van der Waals surface area contributed by atoms with Crippen molar-refractivity contribution in [3.8, 4) is 11.1 Å². The van der Waals surface area contributed by atoms with Crippen LogP contribution in [-0.4, -0.2) is 0 Å². The van der Waals surface area contributed by atoms with Crippen LogP contribution in [-0.2, 0) is 0 Å². The molecule has 0 atom stereocenters. The zero-order valence-corrected chi connectivity index (χ0v) is 44.7. The third-order valence-corrected chi connectivity index (χ3v) is 16.5. The molecular formula is C78H51N3O. The van der Waals surface area contributed by atoms with Crippen molar-refractivity contribution in [3.63, 3.8) is 0 Å². The summed E-state index contributed by atoms with van der Waals surface area (Å²) in [5.41, 5.74) is 13.1. The molecule has 1 aromatic heterocycles. The van der Waals surface area contributed by atoms with Gasteiger partial charge in [0.15, 0.2) is 0 Å². The maximum absolute atomic E-state index is 6.58. The molecule has 384 valence electrons. The maximum Gasteiger partial charge on any atom is 0.143 e. The highest BCUT2D eigenvalue weighted by atomic mass is 16.3. The van der Waals surface area contributed by atoms with Crippen molar-refractivity contribution in [2.75, 3.05) is 14.7 Å². The van der Waals surface area contributed by atoms with E-state index in [1.165, 1.54) is 64.6 Å². The highest BCUT2D eigenvalue weighted by molar-refractivity contribution is 6.27. The van der Waals surface area contributed by atoms with Gasteiger partial charge in [0.2, 0.25) is 0 Å². The van der Waals surface area contributed by atoms with Gasteiger partial charge < -0.3 is 19.1 Å². The van der Waals surface area contributed by atoms with Crippen molar-refractivity contribution in [2.24, 2.45) is 0 Å². The topological polar surface area (TPSA) is 22.9 Å². The van der Waals surface area contributed by atoms with Gasteiger partial charge in [0.25, 0.3) is 0 Å². The summed E-state index contributed by atoms with van der Waals surface area (Å²) in [6, 6.07) is 113. The van der Waals surface area contributed by atoms with Crippen molar-refractivity contribution in [1.29, 1.82) is 0 Å². The lowest BCUT2D eigenvalue weighted by Gasteiger charge is -2.33. The highest BCUT2D eigenvalue weighted by Gasteiger charge is 2.24. The number of nitrogens with zero attached hydrogens (tertiary/aromatic N) is 3. The van der Waals surface area contributed by atoms with Crippen molar-refractivity contribution in [3.05, 3.63) is 309 Å². The number of benzene rings is 15. The average Bonchev–Trinajstić information content (AvgIpc) is 4.10. The Bertz CT molecular complexity index is 4820. The number of rotatable bonds is 10. The summed E-state index contributed by atoms with van der Waals surface area (Å²) in [5.74, 6) is 0. The fraction of sp³-hybridized carbons (Fsp3) is 0. The highest BCUT2D eigenvalue weighted by Crippen LogP contribution is 2.49. The Labute approximate surface area is 474 Å². The van der Waals surface area contributed by atoms with Gasteiger partial charge in [-0.2, -0.15) is 0 Å². The molecule has 0 amide bonds. The van der Waals surface area contributed by atoms with E-state index in [0.29, 0.717) is 0 Å². The Balaban J connectivity index is 0.953. The van der Waals surface area contributed by atoms with Gasteiger partial charge in [-0.15, -0.1) is 0 Å². The molecule has 0 radical (unpaired) electrons. The lowest BCUT2D eigenvalue weighted by molar-refractivity contribution is 0.670. The number of furan rings is 1. The number of anilines is 9. The second kappa shape index (κ2) is 19.5. The minimum atomic E-state index is 0.887. The summed E-state index contributed by atoms with van der Waals surface area (Å²) in [7, 11) is 0. The Morgan fingerprint density at radius 3 is 0.902 bits per heavy atom. The largest absolute Gasteiger partial charge is 0.455 e. The van der Waals surface area contributed by atoms with Crippen molar-refractivity contribution >= 4 is 138 Å². The molecule has 82 heavy (non-hydrogen) atoms. The summed E-state index contributed by atoms with van der Waals surface area (Å²) in [5, 5.41) is 17.0. The van der Waals surface area contributed by atoms with E-state index >= 15 is 0 Å². The fourth-order valence-corrected chi connectivity index (χ4v) is 12.9.